The van der Waals surface area contributed by atoms with Crippen molar-refractivity contribution in [3.63, 3.8) is 0 Å². The number of carbonyl (C=O) groups excluding carboxylic acids is 2. The number of benzene rings is 2. The van der Waals surface area contributed by atoms with Gasteiger partial charge in [-0.25, -0.2) is 0 Å². The molecule has 6 nitrogen and oxygen atoms in total. The first kappa shape index (κ1) is 23.7. The maximum atomic E-state index is 13.7. The zero-order valence-electron chi connectivity index (χ0n) is 19.3. The lowest BCUT2D eigenvalue weighted by molar-refractivity contribution is -0.166. The highest BCUT2D eigenvalue weighted by Gasteiger charge is 2.54. The SMILES string of the molecule is COCC(C)N1C(=O)C(Cc2ccccc2)NC(=O)C12CCN(Cc1ccc(Cl)cc1)CC2. The van der Waals surface area contributed by atoms with E-state index in [1.165, 1.54) is 5.56 Å². The van der Waals surface area contributed by atoms with Crippen LogP contribution in [-0.2, 0) is 27.3 Å². The maximum Gasteiger partial charge on any atom is 0.246 e. The summed E-state index contributed by atoms with van der Waals surface area (Å²) in [6.07, 6.45) is 1.69. The molecule has 0 bridgehead atoms. The van der Waals surface area contributed by atoms with Gasteiger partial charge in [-0.3, -0.25) is 14.5 Å². The van der Waals surface area contributed by atoms with Gasteiger partial charge in [0.05, 0.1) is 12.6 Å². The molecule has 4 rings (SSSR count). The first-order chi connectivity index (χ1) is 15.9. The van der Waals surface area contributed by atoms with Gasteiger partial charge in [-0.1, -0.05) is 54.1 Å². The lowest BCUT2D eigenvalue weighted by Gasteiger charge is -2.53. The highest BCUT2D eigenvalue weighted by atomic mass is 35.5. The Bertz CT molecular complexity index is 959. The molecule has 0 saturated carbocycles. The average Bonchev–Trinajstić information content (AvgIpc) is 2.81. The van der Waals surface area contributed by atoms with Crippen LogP contribution in [0.3, 0.4) is 0 Å². The van der Waals surface area contributed by atoms with E-state index in [0.717, 1.165) is 30.2 Å². The average molecular weight is 470 g/mol. The van der Waals surface area contributed by atoms with Crippen LogP contribution >= 0.6 is 11.6 Å². The Hall–Kier alpha value is -2.41. The second-order valence-electron chi connectivity index (χ2n) is 9.16. The van der Waals surface area contributed by atoms with E-state index in [-0.39, 0.29) is 17.9 Å². The molecule has 33 heavy (non-hydrogen) atoms. The zero-order valence-corrected chi connectivity index (χ0v) is 20.1. The van der Waals surface area contributed by atoms with Gasteiger partial charge in [0.1, 0.15) is 11.6 Å². The molecule has 2 aromatic rings. The number of ether oxygens (including phenoxy) is 1. The largest absolute Gasteiger partial charge is 0.383 e. The van der Waals surface area contributed by atoms with Gasteiger partial charge in [0.15, 0.2) is 0 Å². The molecule has 2 aliphatic heterocycles. The van der Waals surface area contributed by atoms with Crippen LogP contribution in [0.25, 0.3) is 0 Å². The normalized spacial score (nSPS) is 21.8. The van der Waals surface area contributed by atoms with Crippen LogP contribution in [0.4, 0.5) is 0 Å². The number of methoxy groups -OCH3 is 1. The molecule has 2 atom stereocenters. The van der Waals surface area contributed by atoms with Crippen LogP contribution in [0.15, 0.2) is 54.6 Å². The number of nitrogens with zero attached hydrogens (tertiary/aromatic N) is 2. The third kappa shape index (κ3) is 5.08. The maximum absolute atomic E-state index is 13.7. The van der Waals surface area contributed by atoms with Crippen molar-refractivity contribution in [3.8, 4) is 0 Å². The molecule has 1 spiro atoms. The molecular weight excluding hydrogens is 438 g/mol. The summed E-state index contributed by atoms with van der Waals surface area (Å²) in [4.78, 5) is 31.4. The van der Waals surface area contributed by atoms with E-state index < -0.39 is 11.6 Å². The van der Waals surface area contributed by atoms with Crippen LogP contribution in [0.5, 0.6) is 0 Å². The molecule has 0 radical (unpaired) electrons. The van der Waals surface area contributed by atoms with Gasteiger partial charge in [-0.05, 0) is 43.0 Å². The minimum absolute atomic E-state index is 0.0193. The highest BCUT2D eigenvalue weighted by Crippen LogP contribution is 2.35. The van der Waals surface area contributed by atoms with Gasteiger partial charge < -0.3 is 15.0 Å². The smallest absolute Gasteiger partial charge is 0.246 e. The molecule has 2 heterocycles. The molecule has 176 valence electrons. The van der Waals surface area contributed by atoms with Crippen molar-refractivity contribution >= 4 is 23.4 Å². The second-order valence-corrected chi connectivity index (χ2v) is 9.60. The van der Waals surface area contributed by atoms with Gasteiger partial charge in [0.25, 0.3) is 0 Å². The first-order valence-corrected chi connectivity index (χ1v) is 11.9. The molecular formula is C26H32ClN3O3. The van der Waals surface area contributed by atoms with E-state index >= 15 is 0 Å². The summed E-state index contributed by atoms with van der Waals surface area (Å²) in [5.41, 5.74) is 1.38. The van der Waals surface area contributed by atoms with E-state index in [1.54, 1.807) is 7.11 Å². The van der Waals surface area contributed by atoms with E-state index in [1.807, 2.05) is 66.4 Å². The minimum Gasteiger partial charge on any atom is -0.383 e. The van der Waals surface area contributed by atoms with E-state index in [0.29, 0.717) is 25.9 Å². The summed E-state index contributed by atoms with van der Waals surface area (Å²) in [6.45, 7) is 4.65. The molecule has 0 aromatic heterocycles. The van der Waals surface area contributed by atoms with Gasteiger partial charge in [0, 0.05) is 38.2 Å². The van der Waals surface area contributed by atoms with Crippen LogP contribution in [0.2, 0.25) is 5.02 Å². The third-order valence-corrected chi connectivity index (χ3v) is 7.11. The van der Waals surface area contributed by atoms with E-state index in [9.17, 15) is 9.59 Å². The minimum atomic E-state index is -0.835. The number of piperidine rings is 1. The van der Waals surface area contributed by atoms with Crippen LogP contribution < -0.4 is 5.32 Å². The fourth-order valence-corrected chi connectivity index (χ4v) is 5.31. The Kier molecular flexibility index (Phi) is 7.37. The number of carbonyl (C=O) groups is 2. The number of halogens is 1. The number of piperazine rings is 1. The van der Waals surface area contributed by atoms with Gasteiger partial charge in [-0.15, -0.1) is 0 Å². The summed E-state index contributed by atoms with van der Waals surface area (Å²) < 4.78 is 5.39. The number of hydrogen-bond donors (Lipinski definition) is 1. The summed E-state index contributed by atoms with van der Waals surface area (Å²) in [7, 11) is 1.63. The van der Waals surface area contributed by atoms with Gasteiger partial charge >= 0.3 is 0 Å². The second kappa shape index (κ2) is 10.2. The lowest BCUT2D eigenvalue weighted by Crippen LogP contribution is -2.75. The zero-order chi connectivity index (χ0) is 23.4. The van der Waals surface area contributed by atoms with Crippen LogP contribution in [0, 0.1) is 0 Å². The topological polar surface area (TPSA) is 61.9 Å². The monoisotopic (exact) mass is 469 g/mol. The highest BCUT2D eigenvalue weighted by molar-refractivity contribution is 6.30. The third-order valence-electron chi connectivity index (χ3n) is 6.86. The summed E-state index contributed by atoms with van der Waals surface area (Å²) in [5, 5.41) is 3.79. The van der Waals surface area contributed by atoms with Gasteiger partial charge in [-0.2, -0.15) is 0 Å². The van der Waals surface area contributed by atoms with E-state index in [4.69, 9.17) is 16.3 Å². The van der Waals surface area contributed by atoms with Crippen molar-refractivity contribution < 1.29 is 14.3 Å². The Labute approximate surface area is 200 Å². The lowest BCUT2D eigenvalue weighted by atomic mass is 9.80. The molecule has 2 unspecified atom stereocenters. The number of nitrogens with one attached hydrogen (secondary N) is 1. The summed E-state index contributed by atoms with van der Waals surface area (Å²) in [6, 6.07) is 16.9. The standard InChI is InChI=1S/C26H32ClN3O3/c1-19(18-33-2)30-24(31)23(16-20-6-4-3-5-7-20)28-25(32)26(30)12-14-29(15-13-26)17-21-8-10-22(27)11-9-21/h3-11,19,23H,12-18H2,1-2H3,(H,28,32). The Balaban J connectivity index is 1.51. The number of likely N-dealkylation sites (tertiary alicyclic amines) is 1. The van der Waals surface area contributed by atoms with Crippen molar-refractivity contribution in [2.45, 2.75) is 50.4 Å². The fourth-order valence-electron chi connectivity index (χ4n) is 5.18. The van der Waals surface area contributed by atoms with Crippen molar-refractivity contribution in [2.75, 3.05) is 26.8 Å². The Morgan fingerprint density at radius 1 is 1.06 bits per heavy atom. The van der Waals surface area contributed by atoms with Gasteiger partial charge in [0.2, 0.25) is 11.8 Å². The van der Waals surface area contributed by atoms with Crippen molar-refractivity contribution in [3.05, 3.63) is 70.7 Å². The molecule has 2 aliphatic rings. The number of hydrogen-bond acceptors (Lipinski definition) is 4. The molecule has 7 heteroatoms. The molecule has 2 saturated heterocycles. The number of rotatable bonds is 7. The van der Waals surface area contributed by atoms with Crippen LogP contribution in [0.1, 0.15) is 30.9 Å². The Morgan fingerprint density at radius 3 is 2.36 bits per heavy atom. The molecule has 2 amide bonds. The summed E-state index contributed by atoms with van der Waals surface area (Å²) >= 11 is 6.01. The Morgan fingerprint density at radius 2 is 1.73 bits per heavy atom. The van der Waals surface area contributed by atoms with Crippen molar-refractivity contribution in [1.29, 1.82) is 0 Å². The van der Waals surface area contributed by atoms with Crippen molar-refractivity contribution in [1.82, 2.24) is 15.1 Å². The molecule has 2 aromatic carbocycles. The predicted octanol–water partition coefficient (Wildman–Crippen LogP) is 3.28. The fraction of sp³-hybridized carbons (Fsp3) is 0.462. The first-order valence-electron chi connectivity index (χ1n) is 11.6. The summed E-state index contributed by atoms with van der Waals surface area (Å²) in [5.74, 6) is -0.0636. The molecule has 1 N–H and O–H groups in total. The van der Waals surface area contributed by atoms with Crippen LogP contribution in [-0.4, -0.2) is 66.0 Å². The number of amides is 2. The molecule has 2 fully saturated rings. The quantitative estimate of drug-likeness (QED) is 0.676. The van der Waals surface area contributed by atoms with E-state index in [2.05, 4.69) is 10.2 Å². The predicted molar refractivity (Wildman–Crippen MR) is 129 cm³/mol. The molecule has 0 aliphatic carbocycles. The van der Waals surface area contributed by atoms with Crippen molar-refractivity contribution in [2.24, 2.45) is 0 Å².